The van der Waals surface area contributed by atoms with Crippen LogP contribution in [0, 0.1) is 0 Å². The Labute approximate surface area is 155 Å². The van der Waals surface area contributed by atoms with Gasteiger partial charge in [-0.25, -0.2) is 4.68 Å². The number of amides is 2. The maximum absolute atomic E-state index is 12.5. The highest BCUT2D eigenvalue weighted by molar-refractivity contribution is 6.05. The van der Waals surface area contributed by atoms with Crippen LogP contribution in [0.1, 0.15) is 17.4 Å². The molecule has 8 nitrogen and oxygen atoms in total. The molecule has 0 radical (unpaired) electrons. The summed E-state index contributed by atoms with van der Waals surface area (Å²) < 4.78 is 1.22. The SMILES string of the molecule is CCn1nc(C(=O)NNC(=O)CNc2ccccc2)c2ccccc2c1=O. The molecular weight excluding hydrogens is 346 g/mol. The van der Waals surface area contributed by atoms with Crippen LogP contribution in [0.3, 0.4) is 0 Å². The van der Waals surface area contributed by atoms with E-state index in [1.165, 1.54) is 4.68 Å². The smallest absolute Gasteiger partial charge is 0.290 e. The zero-order valence-corrected chi connectivity index (χ0v) is 14.7. The number of hydrogen-bond acceptors (Lipinski definition) is 5. The largest absolute Gasteiger partial charge is 0.376 e. The number of carbonyl (C=O) groups is 2. The molecule has 2 aromatic carbocycles. The molecule has 0 atom stereocenters. The van der Waals surface area contributed by atoms with Gasteiger partial charge in [-0.15, -0.1) is 0 Å². The molecule has 0 aliphatic heterocycles. The number of rotatable bonds is 5. The van der Waals surface area contributed by atoms with Crippen LogP contribution in [0.5, 0.6) is 0 Å². The highest BCUT2D eigenvalue weighted by Gasteiger charge is 2.16. The number of anilines is 1. The van der Waals surface area contributed by atoms with Gasteiger partial charge >= 0.3 is 0 Å². The molecule has 0 bridgehead atoms. The van der Waals surface area contributed by atoms with Crippen molar-refractivity contribution in [1.82, 2.24) is 20.6 Å². The number of benzene rings is 2. The van der Waals surface area contributed by atoms with Gasteiger partial charge in [0.2, 0.25) is 0 Å². The van der Waals surface area contributed by atoms with Crippen molar-refractivity contribution in [3.8, 4) is 0 Å². The number of para-hydroxylation sites is 1. The van der Waals surface area contributed by atoms with Crippen LogP contribution in [0.15, 0.2) is 59.4 Å². The lowest BCUT2D eigenvalue weighted by atomic mass is 10.1. The second-order valence-corrected chi connectivity index (χ2v) is 5.74. The predicted molar refractivity (Wildman–Crippen MR) is 102 cm³/mol. The van der Waals surface area contributed by atoms with Gasteiger partial charge in [0, 0.05) is 17.6 Å². The second kappa shape index (κ2) is 8.13. The number of aryl methyl sites for hydroxylation is 1. The minimum Gasteiger partial charge on any atom is -0.376 e. The first-order chi connectivity index (χ1) is 13.1. The lowest BCUT2D eigenvalue weighted by Gasteiger charge is -2.11. The number of nitrogens with one attached hydrogen (secondary N) is 3. The Kier molecular flexibility index (Phi) is 5.46. The monoisotopic (exact) mass is 365 g/mol. The van der Waals surface area contributed by atoms with Gasteiger partial charge in [-0.2, -0.15) is 5.10 Å². The Bertz CT molecular complexity index is 1030. The predicted octanol–water partition coefficient (Wildman–Crippen LogP) is 1.29. The second-order valence-electron chi connectivity index (χ2n) is 5.74. The van der Waals surface area contributed by atoms with E-state index >= 15 is 0 Å². The zero-order chi connectivity index (χ0) is 19.2. The molecule has 0 saturated heterocycles. The average molecular weight is 365 g/mol. The molecular formula is C19H19N5O3. The van der Waals surface area contributed by atoms with Crippen LogP contribution in [0.25, 0.3) is 10.8 Å². The number of aromatic nitrogens is 2. The molecule has 3 aromatic rings. The van der Waals surface area contributed by atoms with Crippen molar-refractivity contribution in [2.75, 3.05) is 11.9 Å². The van der Waals surface area contributed by atoms with Crippen LogP contribution in [-0.2, 0) is 11.3 Å². The van der Waals surface area contributed by atoms with E-state index in [2.05, 4.69) is 21.3 Å². The third kappa shape index (κ3) is 4.12. The molecule has 2 amide bonds. The molecule has 3 rings (SSSR count). The molecule has 0 fully saturated rings. The summed E-state index contributed by atoms with van der Waals surface area (Å²) in [4.78, 5) is 36.7. The molecule has 3 N–H and O–H groups in total. The van der Waals surface area contributed by atoms with Crippen molar-refractivity contribution < 1.29 is 9.59 Å². The van der Waals surface area contributed by atoms with Gasteiger partial charge in [0.25, 0.3) is 17.4 Å². The first-order valence-corrected chi connectivity index (χ1v) is 8.48. The molecule has 138 valence electrons. The fraction of sp³-hybridized carbons (Fsp3) is 0.158. The van der Waals surface area contributed by atoms with E-state index < -0.39 is 11.8 Å². The first-order valence-electron chi connectivity index (χ1n) is 8.48. The summed E-state index contributed by atoms with van der Waals surface area (Å²) in [7, 11) is 0. The topological polar surface area (TPSA) is 105 Å². The highest BCUT2D eigenvalue weighted by atomic mass is 16.2. The van der Waals surface area contributed by atoms with Crippen molar-refractivity contribution in [3.63, 3.8) is 0 Å². The zero-order valence-electron chi connectivity index (χ0n) is 14.7. The minimum absolute atomic E-state index is 0.00702. The Morgan fingerprint density at radius 1 is 0.963 bits per heavy atom. The van der Waals surface area contributed by atoms with E-state index in [1.807, 2.05) is 30.3 Å². The fourth-order valence-electron chi connectivity index (χ4n) is 2.59. The molecule has 1 aromatic heterocycles. The van der Waals surface area contributed by atoms with Crippen molar-refractivity contribution >= 4 is 28.3 Å². The third-order valence-electron chi connectivity index (χ3n) is 3.92. The summed E-state index contributed by atoms with van der Waals surface area (Å²) in [6, 6.07) is 16.0. The Morgan fingerprint density at radius 2 is 1.63 bits per heavy atom. The number of hydrazine groups is 1. The van der Waals surface area contributed by atoms with E-state index in [1.54, 1.807) is 31.2 Å². The molecule has 0 unspecified atom stereocenters. The summed E-state index contributed by atoms with van der Waals surface area (Å²) in [6.45, 7) is 2.09. The molecule has 0 aliphatic rings. The maximum Gasteiger partial charge on any atom is 0.290 e. The molecule has 0 spiro atoms. The van der Waals surface area contributed by atoms with Crippen LogP contribution >= 0.6 is 0 Å². The van der Waals surface area contributed by atoms with Gasteiger partial charge in [0.1, 0.15) is 0 Å². The van der Waals surface area contributed by atoms with Crippen LogP contribution in [0.4, 0.5) is 5.69 Å². The number of carbonyl (C=O) groups excluding carboxylic acids is 2. The standard InChI is InChI=1S/C19H19N5O3/c1-2-24-19(27)15-11-7-6-10-14(15)17(23-24)18(26)22-21-16(25)12-20-13-8-4-3-5-9-13/h3-11,20H,2,12H2,1H3,(H,21,25)(H,22,26). The summed E-state index contributed by atoms with van der Waals surface area (Å²) in [5.41, 5.74) is 5.28. The van der Waals surface area contributed by atoms with Crippen molar-refractivity contribution in [2.45, 2.75) is 13.5 Å². The first kappa shape index (κ1) is 18.1. The van der Waals surface area contributed by atoms with Crippen molar-refractivity contribution in [3.05, 3.63) is 70.6 Å². The summed E-state index contributed by atoms with van der Waals surface area (Å²) >= 11 is 0. The van der Waals surface area contributed by atoms with E-state index in [-0.39, 0.29) is 17.8 Å². The molecule has 0 aliphatic carbocycles. The van der Waals surface area contributed by atoms with Gasteiger partial charge in [-0.05, 0) is 25.1 Å². The van der Waals surface area contributed by atoms with Crippen LogP contribution in [0.2, 0.25) is 0 Å². The lowest BCUT2D eigenvalue weighted by Crippen LogP contribution is -2.45. The minimum atomic E-state index is -0.596. The van der Waals surface area contributed by atoms with Gasteiger partial charge < -0.3 is 5.32 Å². The number of nitrogens with zero attached hydrogens (tertiary/aromatic N) is 2. The van der Waals surface area contributed by atoms with E-state index in [9.17, 15) is 14.4 Å². The van der Waals surface area contributed by atoms with Gasteiger partial charge in [0.05, 0.1) is 11.9 Å². The van der Waals surface area contributed by atoms with E-state index in [0.29, 0.717) is 17.3 Å². The Balaban J connectivity index is 1.70. The fourth-order valence-corrected chi connectivity index (χ4v) is 2.59. The maximum atomic E-state index is 12.5. The molecule has 0 saturated carbocycles. The quantitative estimate of drug-likeness (QED) is 0.591. The van der Waals surface area contributed by atoms with E-state index in [4.69, 9.17) is 0 Å². The summed E-state index contributed by atoms with van der Waals surface area (Å²) in [5, 5.41) is 7.89. The Hall–Kier alpha value is -3.68. The number of fused-ring (bicyclic) bond motifs is 1. The third-order valence-corrected chi connectivity index (χ3v) is 3.92. The average Bonchev–Trinajstić information content (AvgIpc) is 2.71. The molecule has 1 heterocycles. The highest BCUT2D eigenvalue weighted by Crippen LogP contribution is 2.13. The molecule has 8 heteroatoms. The van der Waals surface area contributed by atoms with E-state index in [0.717, 1.165) is 5.69 Å². The summed E-state index contributed by atoms with van der Waals surface area (Å²) in [6.07, 6.45) is 0. The van der Waals surface area contributed by atoms with Gasteiger partial charge in [0.15, 0.2) is 5.69 Å². The van der Waals surface area contributed by atoms with Crippen molar-refractivity contribution in [2.24, 2.45) is 0 Å². The lowest BCUT2D eigenvalue weighted by molar-refractivity contribution is -0.120. The normalized spacial score (nSPS) is 10.4. The van der Waals surface area contributed by atoms with Crippen LogP contribution < -0.4 is 21.7 Å². The Morgan fingerprint density at radius 3 is 2.33 bits per heavy atom. The number of hydrogen-bond donors (Lipinski definition) is 3. The van der Waals surface area contributed by atoms with Crippen LogP contribution in [-0.4, -0.2) is 28.1 Å². The summed E-state index contributed by atoms with van der Waals surface area (Å²) in [5.74, 6) is -1.01. The van der Waals surface area contributed by atoms with Crippen molar-refractivity contribution in [1.29, 1.82) is 0 Å². The van der Waals surface area contributed by atoms with Gasteiger partial charge in [-0.3, -0.25) is 25.2 Å². The molecule has 27 heavy (non-hydrogen) atoms. The van der Waals surface area contributed by atoms with Gasteiger partial charge in [-0.1, -0.05) is 36.4 Å².